The molecule has 8 heavy (non-hydrogen) atoms. The van der Waals surface area contributed by atoms with Gasteiger partial charge in [0.1, 0.15) is 0 Å². The van der Waals surface area contributed by atoms with Gasteiger partial charge in [-0.3, -0.25) is 0 Å². The first-order valence-electron chi connectivity index (χ1n) is 0.500. The molecule has 0 aromatic rings. The van der Waals surface area contributed by atoms with E-state index in [4.69, 9.17) is 31.5 Å². The first-order chi connectivity index (χ1) is 3.00. The Morgan fingerprint density at radius 3 is 0.500 bits per heavy atom. The van der Waals surface area contributed by atoms with Crippen molar-refractivity contribution in [3.05, 3.63) is 0 Å². The van der Waals surface area contributed by atoms with Gasteiger partial charge in [-0.2, -0.15) is 0 Å². The van der Waals surface area contributed by atoms with Gasteiger partial charge in [-0.1, -0.05) is 0 Å². The summed E-state index contributed by atoms with van der Waals surface area (Å²) >= 11 is 0. The SMILES string of the molecule is O.[O-][O-].[O-][O-].[O-][O-].[U+6]. The first kappa shape index (κ1) is 37.2. The van der Waals surface area contributed by atoms with Gasteiger partial charge in [-0.25, -0.2) is 0 Å². The Labute approximate surface area is 68.3 Å². The van der Waals surface area contributed by atoms with Gasteiger partial charge in [0.25, 0.3) is 0 Å². The van der Waals surface area contributed by atoms with Crippen LogP contribution >= 0.6 is 0 Å². The molecule has 0 aliphatic rings. The van der Waals surface area contributed by atoms with E-state index in [1.807, 2.05) is 0 Å². The van der Waals surface area contributed by atoms with Gasteiger partial charge in [-0.15, -0.1) is 0 Å². The van der Waals surface area contributed by atoms with Crippen molar-refractivity contribution in [3.63, 3.8) is 0 Å². The summed E-state index contributed by atoms with van der Waals surface area (Å²) in [4.78, 5) is 0. The normalized spacial score (nSPS) is 2.25. The summed E-state index contributed by atoms with van der Waals surface area (Å²) in [5.41, 5.74) is 0. The maximum atomic E-state index is 7.00. The molecule has 0 aromatic heterocycles. The van der Waals surface area contributed by atoms with Crippen LogP contribution in [0.4, 0.5) is 0 Å². The predicted molar refractivity (Wildman–Crippen MR) is 3.61 cm³/mol. The smallest absolute Gasteiger partial charge is 1.00 e. The summed E-state index contributed by atoms with van der Waals surface area (Å²) in [5, 5.41) is 42.0. The summed E-state index contributed by atoms with van der Waals surface area (Å²) in [5.74, 6) is 0. The molecule has 0 saturated heterocycles. The molecular weight excluding hydrogens is 350 g/mol. The summed E-state index contributed by atoms with van der Waals surface area (Å²) in [7, 11) is 0. The molecule has 7 nitrogen and oxygen atoms in total. The molecular formula is H2O7U. The standard InChI is InChI=1S/3O2.H2O.U/c3*1-2;;/h;;;1H2;/q3*-2;;+6. The fourth-order valence-electron chi connectivity index (χ4n) is 0. The predicted octanol–water partition coefficient (Wildman–Crippen LogP) is -7.96. The third-order valence-corrected chi connectivity index (χ3v) is 0. The minimum absolute atomic E-state index is 0. The van der Waals surface area contributed by atoms with Gasteiger partial charge >= 0.3 is 31.1 Å². The van der Waals surface area contributed by atoms with Crippen molar-refractivity contribution < 1.29 is 68.1 Å². The number of hydrogen-bond donors (Lipinski definition) is 0. The van der Waals surface area contributed by atoms with Crippen molar-refractivity contribution in [2.45, 2.75) is 0 Å². The van der Waals surface area contributed by atoms with Crippen LogP contribution < -0.4 is 31.5 Å². The van der Waals surface area contributed by atoms with Gasteiger partial charge in [0.05, 0.1) is 0 Å². The molecule has 0 fully saturated rings. The maximum Gasteiger partial charge on any atom is 6.00 e. The number of hydrogen-bond acceptors (Lipinski definition) is 6. The van der Waals surface area contributed by atoms with Crippen molar-refractivity contribution in [3.8, 4) is 0 Å². The molecule has 0 spiro atoms. The van der Waals surface area contributed by atoms with E-state index in [1.165, 1.54) is 0 Å². The Morgan fingerprint density at radius 1 is 0.500 bits per heavy atom. The fourth-order valence-corrected chi connectivity index (χ4v) is 0. The zero-order valence-electron chi connectivity index (χ0n) is 3.45. The van der Waals surface area contributed by atoms with Crippen molar-refractivity contribution in [2.24, 2.45) is 0 Å². The molecule has 0 unspecified atom stereocenters. The minimum atomic E-state index is 0. The van der Waals surface area contributed by atoms with E-state index in [0.717, 1.165) is 0 Å². The topological polar surface area (TPSA) is 170 Å². The summed E-state index contributed by atoms with van der Waals surface area (Å²) in [6, 6.07) is 0. The van der Waals surface area contributed by atoms with Crippen LogP contribution in [-0.4, -0.2) is 5.48 Å². The van der Waals surface area contributed by atoms with E-state index >= 15 is 0 Å². The van der Waals surface area contributed by atoms with Crippen LogP contribution in [0, 0.1) is 31.1 Å². The molecule has 0 rings (SSSR count). The van der Waals surface area contributed by atoms with Crippen LogP contribution in [-0.2, 0) is 0 Å². The van der Waals surface area contributed by atoms with E-state index in [2.05, 4.69) is 0 Å². The van der Waals surface area contributed by atoms with E-state index in [0.29, 0.717) is 0 Å². The van der Waals surface area contributed by atoms with Crippen molar-refractivity contribution in [2.75, 3.05) is 0 Å². The fraction of sp³-hybridized carbons (Fsp3) is 0. The molecule has 8 heteroatoms. The molecule has 0 atom stereocenters. The minimum Gasteiger partial charge on any atom is -1.00 e. The molecule has 48 valence electrons. The van der Waals surface area contributed by atoms with Gasteiger partial charge in [0, 0.05) is 0 Å². The van der Waals surface area contributed by atoms with Crippen LogP contribution in [0.3, 0.4) is 0 Å². The average Bonchev–Trinajstić information content (AvgIpc) is 1.81. The average molecular weight is 352 g/mol. The van der Waals surface area contributed by atoms with Gasteiger partial charge in [-0.05, 0) is 0 Å². The Bertz CT molecular complexity index is 4.35. The second kappa shape index (κ2) is 598. The third kappa shape index (κ3) is 379. The van der Waals surface area contributed by atoms with E-state index < -0.39 is 0 Å². The Morgan fingerprint density at radius 2 is 0.500 bits per heavy atom. The molecule has 0 radical (unpaired) electrons. The summed E-state index contributed by atoms with van der Waals surface area (Å²) in [6.45, 7) is 0. The number of rotatable bonds is 0. The molecule has 2 N–H and O–H groups in total. The van der Waals surface area contributed by atoms with E-state index in [9.17, 15) is 0 Å². The van der Waals surface area contributed by atoms with E-state index in [1.54, 1.807) is 0 Å². The van der Waals surface area contributed by atoms with E-state index in [-0.39, 0.29) is 36.6 Å². The van der Waals surface area contributed by atoms with Crippen LogP contribution in [0.25, 0.3) is 0 Å². The summed E-state index contributed by atoms with van der Waals surface area (Å²) in [6.07, 6.45) is 0. The Balaban J connectivity index is -0.00000000500. The van der Waals surface area contributed by atoms with Gasteiger partial charge < -0.3 is 37.0 Å². The summed E-state index contributed by atoms with van der Waals surface area (Å²) < 4.78 is 0. The molecule has 0 heterocycles. The molecule has 0 amide bonds. The molecule has 0 bridgehead atoms. The molecule has 0 aliphatic carbocycles. The third-order valence-electron chi connectivity index (χ3n) is 0. The molecule has 0 aromatic carbocycles. The van der Waals surface area contributed by atoms with Crippen molar-refractivity contribution >= 4 is 0 Å². The first-order valence-corrected chi connectivity index (χ1v) is 0.500. The zero-order chi connectivity index (χ0) is 6.00. The molecule has 0 saturated carbocycles. The molecule has 0 aliphatic heterocycles. The second-order valence-corrected chi connectivity index (χ2v) is 0. The van der Waals surface area contributed by atoms with Crippen LogP contribution in [0.15, 0.2) is 0 Å². The Kier molecular flexibility index (Phi) is 2780. The monoisotopic (exact) mass is 352 g/mol. The van der Waals surface area contributed by atoms with Gasteiger partial charge in [0.2, 0.25) is 0 Å². The van der Waals surface area contributed by atoms with Gasteiger partial charge in [0.15, 0.2) is 0 Å². The van der Waals surface area contributed by atoms with Crippen LogP contribution in [0.5, 0.6) is 0 Å². The Hall–Kier alpha value is 0.772. The van der Waals surface area contributed by atoms with Crippen LogP contribution in [0.2, 0.25) is 0 Å². The van der Waals surface area contributed by atoms with Crippen LogP contribution in [0.1, 0.15) is 0 Å². The largest absolute Gasteiger partial charge is 6.00 e. The van der Waals surface area contributed by atoms with Crippen molar-refractivity contribution in [1.82, 2.24) is 0 Å². The second-order valence-electron chi connectivity index (χ2n) is 0. The zero-order valence-corrected chi connectivity index (χ0v) is 7.61. The quantitative estimate of drug-likeness (QED) is 0.309. The van der Waals surface area contributed by atoms with Crippen molar-refractivity contribution in [1.29, 1.82) is 0 Å². The maximum absolute atomic E-state index is 7.00.